The Kier molecular flexibility index (Phi) is 4.35. The third-order valence-electron chi connectivity index (χ3n) is 2.78. The van der Waals surface area contributed by atoms with Crippen LogP contribution in [-0.2, 0) is 23.2 Å². The number of hydrogen-bond donors (Lipinski definition) is 0. The minimum atomic E-state index is -0.789. The number of nitrogens with zero attached hydrogens (tertiary/aromatic N) is 3. The molecule has 0 amide bonds. The molecule has 0 N–H and O–H groups in total. The number of rotatable bonds is 5. The molecule has 0 saturated carbocycles. The van der Waals surface area contributed by atoms with Crippen LogP contribution in [0.4, 0.5) is 0 Å². The molecule has 18 heavy (non-hydrogen) atoms. The first-order chi connectivity index (χ1) is 8.65. The van der Waals surface area contributed by atoms with Gasteiger partial charge in [-0.15, -0.1) is 11.6 Å². The van der Waals surface area contributed by atoms with Gasteiger partial charge in [0.25, 0.3) is 0 Å². The van der Waals surface area contributed by atoms with E-state index >= 15 is 0 Å². The number of hydrogen-bond acceptors (Lipinski definition) is 3. The summed E-state index contributed by atoms with van der Waals surface area (Å²) in [7, 11) is -0.789. The van der Waals surface area contributed by atoms with E-state index in [0.29, 0.717) is 23.9 Å². The van der Waals surface area contributed by atoms with Gasteiger partial charge in [0.2, 0.25) is 0 Å². The van der Waals surface area contributed by atoms with Crippen molar-refractivity contribution in [2.45, 2.75) is 26.3 Å². The van der Waals surface area contributed by atoms with E-state index in [1.807, 2.05) is 30.7 Å². The Morgan fingerprint density at radius 3 is 2.94 bits per heavy atom. The number of alkyl halides is 1. The Morgan fingerprint density at radius 1 is 1.50 bits per heavy atom. The van der Waals surface area contributed by atoms with Crippen molar-refractivity contribution in [3.8, 4) is 0 Å². The number of imidazole rings is 1. The van der Waals surface area contributed by atoms with Crippen molar-refractivity contribution in [3.63, 3.8) is 0 Å². The first-order valence-corrected chi connectivity index (χ1v) is 7.90. The van der Waals surface area contributed by atoms with Gasteiger partial charge in [-0.1, -0.05) is 6.92 Å². The molecule has 2 aromatic rings. The van der Waals surface area contributed by atoms with E-state index in [4.69, 9.17) is 11.6 Å². The molecule has 1 unspecified atom stereocenters. The summed E-state index contributed by atoms with van der Waals surface area (Å²) in [4.78, 5) is 8.86. The van der Waals surface area contributed by atoms with E-state index in [2.05, 4.69) is 9.97 Å². The number of halogens is 1. The highest BCUT2D eigenvalue weighted by Crippen LogP contribution is 2.16. The van der Waals surface area contributed by atoms with Crippen LogP contribution in [0.2, 0.25) is 0 Å². The fraction of sp³-hybridized carbons (Fsp3) is 0.500. The van der Waals surface area contributed by atoms with Gasteiger partial charge in [0, 0.05) is 35.0 Å². The topological polar surface area (TPSA) is 47.8 Å². The molecule has 6 heteroatoms. The zero-order valence-corrected chi connectivity index (χ0v) is 12.1. The maximum atomic E-state index is 11.5. The predicted octanol–water partition coefficient (Wildman–Crippen LogP) is 2.25. The average molecular weight is 286 g/mol. The van der Waals surface area contributed by atoms with E-state index in [0.717, 1.165) is 22.6 Å². The zero-order chi connectivity index (χ0) is 13.1. The molecule has 1 atom stereocenters. The predicted molar refractivity (Wildman–Crippen MR) is 75.4 cm³/mol. The molecule has 2 aromatic heterocycles. The van der Waals surface area contributed by atoms with Gasteiger partial charge in [-0.25, -0.2) is 9.97 Å². The van der Waals surface area contributed by atoms with Crippen LogP contribution < -0.4 is 0 Å². The Hall–Kier alpha value is -0.940. The zero-order valence-electron chi connectivity index (χ0n) is 10.5. The van der Waals surface area contributed by atoms with Gasteiger partial charge < -0.3 is 4.57 Å². The molecular formula is C12H16ClN3OS. The molecule has 0 fully saturated rings. The SMILES string of the molecule is CCS(=O)CCn1c(CCl)nc2cc(C)cnc21. The highest BCUT2D eigenvalue weighted by Gasteiger charge is 2.11. The fourth-order valence-corrected chi connectivity index (χ4v) is 2.71. The van der Waals surface area contributed by atoms with E-state index in [9.17, 15) is 4.21 Å². The first-order valence-electron chi connectivity index (χ1n) is 5.88. The van der Waals surface area contributed by atoms with Crippen LogP contribution in [-0.4, -0.2) is 30.2 Å². The van der Waals surface area contributed by atoms with Crippen molar-refractivity contribution in [3.05, 3.63) is 23.7 Å². The van der Waals surface area contributed by atoms with E-state index < -0.39 is 10.8 Å². The second kappa shape index (κ2) is 5.80. The molecule has 0 spiro atoms. The van der Waals surface area contributed by atoms with Crippen LogP contribution in [0.5, 0.6) is 0 Å². The highest BCUT2D eigenvalue weighted by molar-refractivity contribution is 7.84. The van der Waals surface area contributed by atoms with E-state index in [-0.39, 0.29) is 0 Å². The lowest BCUT2D eigenvalue weighted by atomic mass is 10.3. The second-order valence-electron chi connectivity index (χ2n) is 4.10. The van der Waals surface area contributed by atoms with Crippen LogP contribution in [0.3, 0.4) is 0 Å². The summed E-state index contributed by atoms with van der Waals surface area (Å²) >= 11 is 5.91. The molecule has 0 aliphatic heterocycles. The maximum Gasteiger partial charge on any atom is 0.160 e. The fourth-order valence-electron chi connectivity index (χ4n) is 1.83. The Bertz CT molecular complexity index is 582. The molecule has 0 radical (unpaired) electrons. The lowest BCUT2D eigenvalue weighted by Gasteiger charge is -2.06. The summed E-state index contributed by atoms with van der Waals surface area (Å²) in [6.45, 7) is 4.55. The summed E-state index contributed by atoms with van der Waals surface area (Å²) in [6.07, 6.45) is 1.81. The van der Waals surface area contributed by atoms with Crippen molar-refractivity contribution in [2.75, 3.05) is 11.5 Å². The maximum absolute atomic E-state index is 11.5. The van der Waals surface area contributed by atoms with Crippen LogP contribution in [0.1, 0.15) is 18.3 Å². The summed E-state index contributed by atoms with van der Waals surface area (Å²) in [5.41, 5.74) is 2.75. The molecule has 0 aliphatic rings. The Morgan fingerprint density at radius 2 is 2.28 bits per heavy atom. The van der Waals surface area contributed by atoms with Crippen LogP contribution in [0.15, 0.2) is 12.3 Å². The number of pyridine rings is 1. The van der Waals surface area contributed by atoms with Crippen molar-refractivity contribution in [2.24, 2.45) is 0 Å². The summed E-state index contributed by atoms with van der Waals surface area (Å²) in [5, 5.41) is 0. The number of aryl methyl sites for hydroxylation is 2. The second-order valence-corrected chi connectivity index (χ2v) is 6.23. The van der Waals surface area contributed by atoms with Crippen molar-refractivity contribution in [1.29, 1.82) is 0 Å². The molecule has 0 saturated heterocycles. The van der Waals surface area contributed by atoms with Gasteiger partial charge in [0.05, 0.1) is 5.88 Å². The minimum Gasteiger partial charge on any atom is -0.311 e. The van der Waals surface area contributed by atoms with Crippen molar-refractivity contribution < 1.29 is 4.21 Å². The third kappa shape index (κ3) is 2.72. The van der Waals surface area contributed by atoms with Crippen LogP contribution >= 0.6 is 11.6 Å². The molecule has 98 valence electrons. The molecule has 0 bridgehead atoms. The van der Waals surface area contributed by atoms with Gasteiger partial charge in [-0.05, 0) is 18.6 Å². The number of fused-ring (bicyclic) bond motifs is 1. The van der Waals surface area contributed by atoms with E-state index in [1.165, 1.54) is 0 Å². The van der Waals surface area contributed by atoms with Crippen LogP contribution in [0, 0.1) is 6.92 Å². The number of aromatic nitrogens is 3. The summed E-state index contributed by atoms with van der Waals surface area (Å²) in [5.74, 6) is 2.42. The van der Waals surface area contributed by atoms with Crippen molar-refractivity contribution >= 4 is 33.6 Å². The van der Waals surface area contributed by atoms with Crippen LogP contribution in [0.25, 0.3) is 11.2 Å². The highest BCUT2D eigenvalue weighted by atomic mass is 35.5. The van der Waals surface area contributed by atoms with Gasteiger partial charge >= 0.3 is 0 Å². The lowest BCUT2D eigenvalue weighted by molar-refractivity contribution is 0.672. The Balaban J connectivity index is 2.37. The molecule has 0 aromatic carbocycles. The molecule has 2 rings (SSSR count). The van der Waals surface area contributed by atoms with Crippen molar-refractivity contribution in [1.82, 2.24) is 14.5 Å². The Labute approximate surface area is 114 Å². The molecule has 4 nitrogen and oxygen atoms in total. The minimum absolute atomic E-state index is 0.341. The molecule has 0 aliphatic carbocycles. The van der Waals surface area contributed by atoms with Gasteiger partial charge in [-0.3, -0.25) is 4.21 Å². The van der Waals surface area contributed by atoms with E-state index in [1.54, 1.807) is 0 Å². The smallest absolute Gasteiger partial charge is 0.160 e. The van der Waals surface area contributed by atoms with Gasteiger partial charge in [0.1, 0.15) is 11.3 Å². The molecule has 2 heterocycles. The quantitative estimate of drug-likeness (QED) is 0.792. The van der Waals surface area contributed by atoms with Gasteiger partial charge in [-0.2, -0.15) is 0 Å². The molecular weight excluding hydrogens is 270 g/mol. The standard InChI is InChI=1S/C12H16ClN3OS/c1-3-18(17)5-4-16-11(7-13)15-10-6-9(2)8-14-12(10)16/h6,8H,3-5,7H2,1-2H3. The normalized spacial score (nSPS) is 13.1. The monoisotopic (exact) mass is 285 g/mol. The average Bonchev–Trinajstić information content (AvgIpc) is 2.72. The third-order valence-corrected chi connectivity index (χ3v) is 4.31. The van der Waals surface area contributed by atoms with Gasteiger partial charge in [0.15, 0.2) is 5.65 Å². The summed E-state index contributed by atoms with van der Waals surface area (Å²) < 4.78 is 13.5. The summed E-state index contributed by atoms with van der Waals surface area (Å²) in [6, 6.07) is 1.99. The largest absolute Gasteiger partial charge is 0.311 e. The lowest BCUT2D eigenvalue weighted by Crippen LogP contribution is -2.11. The first kappa shape index (κ1) is 13.5.